The number of amides is 1. The number of rotatable bonds is 6. The Morgan fingerprint density at radius 1 is 1.26 bits per heavy atom. The summed E-state index contributed by atoms with van der Waals surface area (Å²) in [5, 5.41) is 26.8. The highest BCUT2D eigenvalue weighted by molar-refractivity contribution is 5.98. The Kier molecular flexibility index (Phi) is 5.28. The first-order chi connectivity index (χ1) is 8.95. The van der Waals surface area contributed by atoms with Crippen LogP contribution in [0.15, 0.2) is 24.3 Å². The molecule has 0 saturated heterocycles. The van der Waals surface area contributed by atoms with Crippen LogP contribution >= 0.6 is 0 Å². The van der Waals surface area contributed by atoms with Crippen LogP contribution in [0.3, 0.4) is 0 Å². The van der Waals surface area contributed by atoms with Crippen LogP contribution in [-0.4, -0.2) is 46.4 Å². The number of carbonyl (C=O) groups is 2. The van der Waals surface area contributed by atoms with E-state index >= 15 is 0 Å². The maximum absolute atomic E-state index is 12.0. The SMILES string of the molecule is N[C@@H](CC(=O)O)C(=O)N(CCO)c1ccc(O)cc1. The van der Waals surface area contributed by atoms with Gasteiger partial charge in [-0.25, -0.2) is 0 Å². The Balaban J connectivity index is 2.90. The second-order valence-electron chi connectivity index (χ2n) is 3.93. The molecule has 1 atom stereocenters. The van der Waals surface area contributed by atoms with Crippen molar-refractivity contribution in [1.29, 1.82) is 0 Å². The molecule has 1 aromatic carbocycles. The molecule has 0 aliphatic carbocycles. The minimum atomic E-state index is -1.18. The highest BCUT2D eigenvalue weighted by atomic mass is 16.4. The van der Waals surface area contributed by atoms with E-state index in [2.05, 4.69) is 0 Å². The molecule has 0 heterocycles. The molecule has 0 bridgehead atoms. The molecule has 0 saturated carbocycles. The first-order valence-electron chi connectivity index (χ1n) is 5.64. The summed E-state index contributed by atoms with van der Waals surface area (Å²) in [6.07, 6.45) is -0.487. The zero-order valence-electron chi connectivity index (χ0n) is 10.2. The van der Waals surface area contributed by atoms with E-state index in [4.69, 9.17) is 15.9 Å². The number of hydrogen-bond acceptors (Lipinski definition) is 5. The number of phenolic OH excluding ortho intramolecular Hbond substituents is 1. The second-order valence-corrected chi connectivity index (χ2v) is 3.93. The number of aliphatic carboxylic acids is 1. The van der Waals surface area contributed by atoms with Gasteiger partial charge in [0.15, 0.2) is 0 Å². The number of hydrogen-bond donors (Lipinski definition) is 4. The lowest BCUT2D eigenvalue weighted by atomic mass is 10.1. The van der Waals surface area contributed by atoms with Crippen LogP contribution in [0.5, 0.6) is 5.75 Å². The fraction of sp³-hybridized carbons (Fsp3) is 0.333. The van der Waals surface area contributed by atoms with Crippen molar-refractivity contribution >= 4 is 17.6 Å². The molecular weight excluding hydrogens is 252 g/mol. The van der Waals surface area contributed by atoms with Gasteiger partial charge in [0.2, 0.25) is 5.91 Å². The van der Waals surface area contributed by atoms with Crippen LogP contribution in [0.2, 0.25) is 0 Å². The van der Waals surface area contributed by atoms with Gasteiger partial charge in [-0.2, -0.15) is 0 Å². The summed E-state index contributed by atoms with van der Waals surface area (Å²) >= 11 is 0. The maximum Gasteiger partial charge on any atom is 0.305 e. The smallest absolute Gasteiger partial charge is 0.305 e. The molecule has 19 heavy (non-hydrogen) atoms. The minimum absolute atomic E-state index is 0.00305. The molecule has 0 spiro atoms. The first kappa shape index (κ1) is 14.9. The number of carbonyl (C=O) groups excluding carboxylic acids is 1. The van der Waals surface area contributed by atoms with Crippen molar-refractivity contribution in [3.05, 3.63) is 24.3 Å². The van der Waals surface area contributed by atoms with E-state index in [1.165, 1.54) is 29.2 Å². The highest BCUT2D eigenvalue weighted by Crippen LogP contribution is 2.19. The number of benzene rings is 1. The molecule has 7 heteroatoms. The third-order valence-electron chi connectivity index (χ3n) is 2.46. The molecule has 1 rings (SSSR count). The van der Waals surface area contributed by atoms with E-state index < -0.39 is 24.3 Å². The number of phenols is 1. The van der Waals surface area contributed by atoms with Crippen molar-refractivity contribution < 1.29 is 24.9 Å². The predicted molar refractivity (Wildman–Crippen MR) is 67.8 cm³/mol. The van der Waals surface area contributed by atoms with Crippen LogP contribution in [-0.2, 0) is 9.59 Å². The van der Waals surface area contributed by atoms with Crippen LogP contribution in [0.4, 0.5) is 5.69 Å². The van der Waals surface area contributed by atoms with Gasteiger partial charge < -0.3 is 26.0 Å². The summed E-state index contributed by atoms with van der Waals surface area (Å²) in [5.41, 5.74) is 5.94. The molecule has 1 amide bonds. The highest BCUT2D eigenvalue weighted by Gasteiger charge is 2.24. The van der Waals surface area contributed by atoms with Gasteiger partial charge in [-0.1, -0.05) is 0 Å². The average Bonchev–Trinajstić information content (AvgIpc) is 2.35. The third-order valence-corrected chi connectivity index (χ3v) is 2.46. The molecule has 0 aliphatic rings. The van der Waals surface area contributed by atoms with Crippen molar-refractivity contribution in [3.63, 3.8) is 0 Å². The zero-order chi connectivity index (χ0) is 14.4. The van der Waals surface area contributed by atoms with Crippen LogP contribution in [0.25, 0.3) is 0 Å². The fourth-order valence-electron chi connectivity index (χ4n) is 1.57. The van der Waals surface area contributed by atoms with E-state index in [1.807, 2.05) is 0 Å². The average molecular weight is 268 g/mol. The molecule has 104 valence electrons. The first-order valence-corrected chi connectivity index (χ1v) is 5.64. The monoisotopic (exact) mass is 268 g/mol. The summed E-state index contributed by atoms with van der Waals surface area (Å²) < 4.78 is 0. The lowest BCUT2D eigenvalue weighted by molar-refractivity contribution is -0.139. The van der Waals surface area contributed by atoms with Crippen molar-refractivity contribution in [3.8, 4) is 5.75 Å². The van der Waals surface area contributed by atoms with E-state index in [0.717, 1.165) is 0 Å². The van der Waals surface area contributed by atoms with Gasteiger partial charge in [0.1, 0.15) is 5.75 Å². The third kappa shape index (κ3) is 4.23. The van der Waals surface area contributed by atoms with Gasteiger partial charge in [-0.15, -0.1) is 0 Å². The van der Waals surface area contributed by atoms with Crippen LogP contribution in [0.1, 0.15) is 6.42 Å². The second kappa shape index (κ2) is 6.72. The maximum atomic E-state index is 12.0. The molecule has 7 nitrogen and oxygen atoms in total. The summed E-state index contributed by atoms with van der Waals surface area (Å²) in [5.74, 6) is -1.73. The Bertz CT molecular complexity index is 446. The number of aliphatic hydroxyl groups excluding tert-OH is 1. The van der Waals surface area contributed by atoms with Gasteiger partial charge >= 0.3 is 5.97 Å². The number of nitrogens with zero attached hydrogens (tertiary/aromatic N) is 1. The van der Waals surface area contributed by atoms with Crippen molar-refractivity contribution in [2.24, 2.45) is 5.73 Å². The van der Waals surface area contributed by atoms with Crippen molar-refractivity contribution in [2.75, 3.05) is 18.1 Å². The predicted octanol–water partition coefficient (Wildman–Crippen LogP) is -0.480. The largest absolute Gasteiger partial charge is 0.508 e. The number of aromatic hydroxyl groups is 1. The lowest BCUT2D eigenvalue weighted by Gasteiger charge is -2.24. The van der Waals surface area contributed by atoms with Crippen LogP contribution in [0, 0.1) is 0 Å². The van der Waals surface area contributed by atoms with E-state index in [-0.39, 0.29) is 18.9 Å². The van der Waals surface area contributed by atoms with E-state index in [9.17, 15) is 14.7 Å². The van der Waals surface area contributed by atoms with Gasteiger partial charge in [-0.05, 0) is 24.3 Å². The molecule has 0 radical (unpaired) electrons. The Morgan fingerprint density at radius 3 is 2.32 bits per heavy atom. The van der Waals surface area contributed by atoms with Crippen LogP contribution < -0.4 is 10.6 Å². The number of anilines is 1. The van der Waals surface area contributed by atoms with Gasteiger partial charge in [0.05, 0.1) is 19.1 Å². The summed E-state index contributed by atoms with van der Waals surface area (Å²) in [4.78, 5) is 23.7. The van der Waals surface area contributed by atoms with Crippen molar-refractivity contribution in [1.82, 2.24) is 0 Å². The minimum Gasteiger partial charge on any atom is -0.508 e. The quantitative estimate of drug-likeness (QED) is 0.552. The summed E-state index contributed by atoms with van der Waals surface area (Å²) in [6.45, 7) is -0.288. The molecule has 0 fully saturated rings. The Hall–Kier alpha value is -2.12. The van der Waals surface area contributed by atoms with Gasteiger partial charge in [-0.3, -0.25) is 9.59 Å². The normalized spacial score (nSPS) is 11.9. The Labute approximate surface area is 109 Å². The molecule has 5 N–H and O–H groups in total. The van der Waals surface area contributed by atoms with E-state index in [1.54, 1.807) is 0 Å². The molecule has 0 aliphatic heterocycles. The van der Waals surface area contributed by atoms with E-state index in [0.29, 0.717) is 5.69 Å². The van der Waals surface area contributed by atoms with Gasteiger partial charge in [0.25, 0.3) is 0 Å². The molecule has 0 aromatic heterocycles. The fourth-order valence-corrected chi connectivity index (χ4v) is 1.57. The number of aliphatic hydroxyl groups is 1. The van der Waals surface area contributed by atoms with Gasteiger partial charge in [0, 0.05) is 12.2 Å². The molecular formula is C12H16N2O5. The summed E-state index contributed by atoms with van der Waals surface area (Å²) in [6, 6.07) is 4.55. The number of nitrogens with two attached hydrogens (primary N) is 1. The number of carboxylic acids is 1. The molecule has 0 unspecified atom stereocenters. The van der Waals surface area contributed by atoms with Crippen molar-refractivity contribution in [2.45, 2.75) is 12.5 Å². The summed E-state index contributed by atoms with van der Waals surface area (Å²) in [7, 11) is 0. The Morgan fingerprint density at radius 2 is 1.84 bits per heavy atom. The topological polar surface area (TPSA) is 124 Å². The molecule has 1 aromatic rings. The number of carboxylic acid groups (broad SMARTS) is 1. The lowest BCUT2D eigenvalue weighted by Crippen LogP contribution is -2.46. The standard InChI is InChI=1S/C12H16N2O5/c13-10(7-11(17)18)12(19)14(5-6-15)8-1-3-9(16)4-2-8/h1-4,10,15-16H,5-7,13H2,(H,17,18)/t10-/m0/s1. The zero-order valence-corrected chi connectivity index (χ0v) is 10.2.